The number of hydrogen-bond acceptors (Lipinski definition) is 4. The lowest BCUT2D eigenvalue weighted by molar-refractivity contribution is 0.316. The van der Waals surface area contributed by atoms with Crippen molar-refractivity contribution in [3.63, 3.8) is 0 Å². The van der Waals surface area contributed by atoms with Crippen LogP contribution >= 0.6 is 24.4 Å². The normalized spacial score (nSPS) is 9.42. The van der Waals surface area contributed by atoms with Crippen molar-refractivity contribution < 1.29 is 4.74 Å². The van der Waals surface area contributed by atoms with Gasteiger partial charge in [0.2, 0.25) is 0 Å². The molecule has 0 aliphatic heterocycles. The van der Waals surface area contributed by atoms with E-state index in [0.29, 0.717) is 18.3 Å². The molecule has 0 aromatic carbocycles. The summed E-state index contributed by atoms with van der Waals surface area (Å²) in [6, 6.07) is 0.463. The number of imidazole rings is 1. The Labute approximate surface area is 81.2 Å². The minimum Gasteiger partial charge on any atom is -0.465 e. The van der Waals surface area contributed by atoms with Crippen molar-refractivity contribution >= 4 is 35.2 Å². The highest BCUT2D eigenvalue weighted by Crippen LogP contribution is 2.08. The zero-order chi connectivity index (χ0) is 8.97. The van der Waals surface area contributed by atoms with E-state index in [1.807, 2.05) is 6.92 Å². The number of nitrogens with zero attached hydrogens (tertiary/aromatic N) is 1. The fourth-order valence-electron chi connectivity index (χ4n) is 0.762. The Morgan fingerprint density at radius 3 is 2.67 bits per heavy atom. The molecule has 0 aliphatic rings. The molecule has 12 heavy (non-hydrogen) atoms. The van der Waals surface area contributed by atoms with Crippen LogP contribution in [0.2, 0.25) is 0 Å². The van der Waals surface area contributed by atoms with Gasteiger partial charge in [0.25, 0.3) is 6.01 Å². The van der Waals surface area contributed by atoms with E-state index in [-0.39, 0.29) is 0 Å². The standard InChI is InChI=1S/C7H8N2OS2/c1-2-10-7-8-5(3-11)6(4-12)9-7/h3-4H,2H2,1H3,(H,8,9). The molecule has 64 valence electrons. The van der Waals surface area contributed by atoms with E-state index < -0.39 is 0 Å². The molecule has 0 bridgehead atoms. The fraction of sp³-hybridized carbons (Fsp3) is 0.286. The molecule has 0 aliphatic carbocycles. The molecule has 1 rings (SSSR count). The summed E-state index contributed by atoms with van der Waals surface area (Å²) in [4.78, 5) is 6.95. The van der Waals surface area contributed by atoms with Crippen LogP contribution < -0.4 is 4.74 Å². The average Bonchev–Trinajstić information content (AvgIpc) is 2.48. The van der Waals surface area contributed by atoms with Gasteiger partial charge in [-0.1, -0.05) is 24.4 Å². The lowest BCUT2D eigenvalue weighted by Crippen LogP contribution is -1.92. The third-order valence-corrected chi connectivity index (χ3v) is 1.71. The average molecular weight is 200 g/mol. The minimum atomic E-state index is 0.463. The highest BCUT2D eigenvalue weighted by molar-refractivity contribution is 7.79. The van der Waals surface area contributed by atoms with Crippen LogP contribution in [-0.2, 0) is 0 Å². The second-order valence-corrected chi connectivity index (χ2v) is 2.48. The molecule has 5 heteroatoms. The molecule has 0 amide bonds. The van der Waals surface area contributed by atoms with Crippen LogP contribution in [0.4, 0.5) is 0 Å². The van der Waals surface area contributed by atoms with Crippen molar-refractivity contribution in [3.8, 4) is 6.01 Å². The van der Waals surface area contributed by atoms with Gasteiger partial charge in [-0.15, -0.1) is 0 Å². The van der Waals surface area contributed by atoms with Crippen molar-refractivity contribution in [1.82, 2.24) is 9.97 Å². The molecule has 1 aromatic heterocycles. The first-order valence-corrected chi connectivity index (χ1v) is 4.39. The van der Waals surface area contributed by atoms with Gasteiger partial charge in [0.05, 0.1) is 12.3 Å². The molecule has 0 unspecified atom stereocenters. The Kier molecular flexibility index (Phi) is 3.31. The molecular formula is C7H8N2OS2. The predicted molar refractivity (Wildman–Crippen MR) is 55.3 cm³/mol. The predicted octanol–water partition coefficient (Wildman–Crippen LogP) is 1.50. The highest BCUT2D eigenvalue weighted by Gasteiger charge is 2.05. The highest BCUT2D eigenvalue weighted by atomic mass is 32.1. The van der Waals surface area contributed by atoms with Crippen LogP contribution in [0.15, 0.2) is 0 Å². The Morgan fingerprint density at radius 1 is 1.50 bits per heavy atom. The SMILES string of the molecule is CCOc1nc(C=S)c(C=S)[nH]1. The van der Waals surface area contributed by atoms with Gasteiger partial charge in [-0.3, -0.25) is 0 Å². The second kappa shape index (κ2) is 4.27. The molecule has 0 saturated carbocycles. The van der Waals surface area contributed by atoms with Crippen LogP contribution in [-0.4, -0.2) is 27.3 Å². The molecule has 3 nitrogen and oxygen atoms in total. The first-order chi connectivity index (χ1) is 5.81. The van der Waals surface area contributed by atoms with Gasteiger partial charge in [-0.05, 0) is 6.92 Å². The number of aromatic nitrogens is 2. The number of hydrogen-bond donors (Lipinski definition) is 1. The molecule has 0 spiro atoms. The van der Waals surface area contributed by atoms with E-state index in [9.17, 15) is 0 Å². The number of H-pyrrole nitrogens is 1. The van der Waals surface area contributed by atoms with Crippen LogP contribution in [0.25, 0.3) is 0 Å². The monoisotopic (exact) mass is 200 g/mol. The Bertz CT molecular complexity index is 270. The summed E-state index contributed by atoms with van der Waals surface area (Å²) in [5.74, 6) is 0. The van der Waals surface area contributed by atoms with Crippen molar-refractivity contribution in [1.29, 1.82) is 0 Å². The van der Waals surface area contributed by atoms with Gasteiger partial charge >= 0.3 is 0 Å². The van der Waals surface area contributed by atoms with Gasteiger partial charge in [-0.25, -0.2) is 0 Å². The largest absolute Gasteiger partial charge is 0.465 e. The van der Waals surface area contributed by atoms with Crippen molar-refractivity contribution in [2.24, 2.45) is 0 Å². The molecular weight excluding hydrogens is 192 g/mol. The van der Waals surface area contributed by atoms with Gasteiger partial charge in [-0.2, -0.15) is 4.98 Å². The van der Waals surface area contributed by atoms with Gasteiger partial charge in [0.15, 0.2) is 0 Å². The van der Waals surface area contributed by atoms with Crippen LogP contribution in [0.3, 0.4) is 0 Å². The van der Waals surface area contributed by atoms with Crippen LogP contribution in [0.5, 0.6) is 6.01 Å². The zero-order valence-corrected chi connectivity index (χ0v) is 8.17. The Morgan fingerprint density at radius 2 is 2.25 bits per heavy atom. The quantitative estimate of drug-likeness (QED) is 0.748. The number of ether oxygens (including phenoxy) is 1. The Balaban J connectivity index is 2.96. The van der Waals surface area contributed by atoms with Gasteiger partial charge < -0.3 is 9.72 Å². The van der Waals surface area contributed by atoms with E-state index in [4.69, 9.17) is 29.2 Å². The Hall–Kier alpha value is -0.810. The number of nitrogens with one attached hydrogen (secondary N) is 1. The molecule has 0 radical (unpaired) electrons. The van der Waals surface area contributed by atoms with Crippen LogP contribution in [0.1, 0.15) is 18.3 Å². The summed E-state index contributed by atoms with van der Waals surface area (Å²) in [7, 11) is 0. The first-order valence-electron chi connectivity index (χ1n) is 3.45. The lowest BCUT2D eigenvalue weighted by Gasteiger charge is -1.93. The summed E-state index contributed by atoms with van der Waals surface area (Å²) in [5.41, 5.74) is 1.38. The van der Waals surface area contributed by atoms with Crippen molar-refractivity contribution in [3.05, 3.63) is 11.4 Å². The zero-order valence-electron chi connectivity index (χ0n) is 6.53. The summed E-state index contributed by atoms with van der Waals surface area (Å²) in [6.45, 7) is 2.46. The maximum Gasteiger partial charge on any atom is 0.294 e. The van der Waals surface area contributed by atoms with E-state index in [0.717, 1.165) is 5.69 Å². The molecule has 1 heterocycles. The van der Waals surface area contributed by atoms with Crippen molar-refractivity contribution in [2.45, 2.75) is 6.92 Å². The lowest BCUT2D eigenvalue weighted by atomic mass is 10.4. The van der Waals surface area contributed by atoms with E-state index in [2.05, 4.69) is 9.97 Å². The second-order valence-electron chi connectivity index (χ2n) is 2.01. The maximum absolute atomic E-state index is 5.13. The summed E-state index contributed by atoms with van der Waals surface area (Å²) in [6.07, 6.45) is 0. The molecule has 1 aromatic rings. The topological polar surface area (TPSA) is 37.9 Å². The molecule has 0 fully saturated rings. The van der Waals surface area contributed by atoms with Crippen LogP contribution in [0, 0.1) is 0 Å². The fourth-order valence-corrected chi connectivity index (χ4v) is 1.12. The van der Waals surface area contributed by atoms with Gasteiger partial charge in [0.1, 0.15) is 5.69 Å². The smallest absolute Gasteiger partial charge is 0.294 e. The summed E-state index contributed by atoms with van der Waals surface area (Å²) >= 11 is 9.49. The third-order valence-electron chi connectivity index (χ3n) is 1.25. The van der Waals surface area contributed by atoms with E-state index in [1.54, 1.807) is 0 Å². The minimum absolute atomic E-state index is 0.463. The number of thiocarbonyl (C=S) groups is 2. The summed E-state index contributed by atoms with van der Waals surface area (Å²) < 4.78 is 5.13. The molecule has 1 N–H and O–H groups in total. The third kappa shape index (κ3) is 1.86. The molecule has 0 saturated heterocycles. The summed E-state index contributed by atoms with van der Waals surface area (Å²) in [5, 5.41) is 2.96. The van der Waals surface area contributed by atoms with Crippen molar-refractivity contribution in [2.75, 3.05) is 6.61 Å². The van der Waals surface area contributed by atoms with Gasteiger partial charge in [0, 0.05) is 10.7 Å². The van der Waals surface area contributed by atoms with E-state index >= 15 is 0 Å². The van der Waals surface area contributed by atoms with E-state index in [1.165, 1.54) is 10.7 Å². The number of rotatable bonds is 4. The number of aromatic amines is 1. The maximum atomic E-state index is 5.13. The molecule has 0 atom stereocenters. The first kappa shape index (κ1) is 9.28.